The standard InChI is InChI=1S/C11H11ClN4O2S/c1-7(10(17)18-2)19-11-13-14-15-16(11)9-5-3-8(12)4-6-9/h3-7H,1-2H3/t7-/m1/s1. The molecule has 1 heterocycles. The van der Waals surface area contributed by atoms with E-state index in [1.165, 1.54) is 18.9 Å². The number of rotatable bonds is 4. The van der Waals surface area contributed by atoms with E-state index in [0.717, 1.165) is 5.69 Å². The highest BCUT2D eigenvalue weighted by atomic mass is 35.5. The summed E-state index contributed by atoms with van der Waals surface area (Å²) in [6, 6.07) is 7.09. The number of carbonyl (C=O) groups excluding carboxylic acids is 1. The van der Waals surface area contributed by atoms with Crippen LogP contribution in [0.25, 0.3) is 5.69 Å². The van der Waals surface area contributed by atoms with Gasteiger partial charge in [0.05, 0.1) is 12.8 Å². The van der Waals surface area contributed by atoms with Gasteiger partial charge in [-0.1, -0.05) is 23.4 Å². The second kappa shape index (κ2) is 6.03. The fraction of sp³-hybridized carbons (Fsp3) is 0.273. The summed E-state index contributed by atoms with van der Waals surface area (Å²) in [7, 11) is 1.35. The van der Waals surface area contributed by atoms with Crippen LogP contribution in [0.5, 0.6) is 0 Å². The summed E-state index contributed by atoms with van der Waals surface area (Å²) in [4.78, 5) is 11.4. The van der Waals surface area contributed by atoms with Gasteiger partial charge in [-0.3, -0.25) is 4.79 Å². The van der Waals surface area contributed by atoms with Crippen LogP contribution >= 0.6 is 23.4 Å². The summed E-state index contributed by atoms with van der Waals surface area (Å²) in [5.74, 6) is -0.323. The lowest BCUT2D eigenvalue weighted by atomic mass is 10.3. The molecule has 1 atom stereocenters. The number of hydrogen-bond acceptors (Lipinski definition) is 6. The van der Waals surface area contributed by atoms with Crippen LogP contribution in [0.15, 0.2) is 29.4 Å². The second-order valence-corrected chi connectivity index (χ2v) is 5.38. The van der Waals surface area contributed by atoms with Crippen LogP contribution in [0, 0.1) is 0 Å². The average molecular weight is 299 g/mol. The van der Waals surface area contributed by atoms with Crippen LogP contribution in [0.4, 0.5) is 0 Å². The summed E-state index contributed by atoms with van der Waals surface area (Å²) in [6.45, 7) is 1.73. The van der Waals surface area contributed by atoms with Crippen molar-refractivity contribution >= 4 is 29.3 Å². The molecule has 0 amide bonds. The maximum absolute atomic E-state index is 11.4. The predicted molar refractivity (Wildman–Crippen MR) is 71.5 cm³/mol. The fourth-order valence-corrected chi connectivity index (χ4v) is 2.33. The third-order valence-electron chi connectivity index (χ3n) is 2.33. The molecule has 0 saturated heterocycles. The van der Waals surface area contributed by atoms with E-state index in [-0.39, 0.29) is 11.2 Å². The number of ether oxygens (including phenoxy) is 1. The molecule has 0 N–H and O–H groups in total. The molecular formula is C11H11ClN4O2S. The highest BCUT2D eigenvalue weighted by molar-refractivity contribution is 8.00. The van der Waals surface area contributed by atoms with E-state index >= 15 is 0 Å². The lowest BCUT2D eigenvalue weighted by Gasteiger charge is -2.08. The summed E-state index contributed by atoms with van der Waals surface area (Å²) in [5.41, 5.74) is 0.772. The zero-order valence-corrected chi connectivity index (χ0v) is 11.9. The van der Waals surface area contributed by atoms with Gasteiger partial charge in [-0.15, -0.1) is 5.10 Å². The van der Waals surface area contributed by atoms with E-state index in [1.54, 1.807) is 35.9 Å². The molecular weight excluding hydrogens is 288 g/mol. The highest BCUT2D eigenvalue weighted by Crippen LogP contribution is 2.23. The topological polar surface area (TPSA) is 69.9 Å². The molecule has 19 heavy (non-hydrogen) atoms. The average Bonchev–Trinajstić information content (AvgIpc) is 2.86. The highest BCUT2D eigenvalue weighted by Gasteiger charge is 2.19. The number of thioether (sulfide) groups is 1. The molecule has 100 valence electrons. The summed E-state index contributed by atoms with van der Waals surface area (Å²) in [5, 5.41) is 12.2. The van der Waals surface area contributed by atoms with Crippen LogP contribution < -0.4 is 0 Å². The van der Waals surface area contributed by atoms with Crippen molar-refractivity contribution in [2.24, 2.45) is 0 Å². The number of methoxy groups -OCH3 is 1. The molecule has 0 unspecified atom stereocenters. The first-order valence-corrected chi connectivity index (χ1v) is 6.66. The van der Waals surface area contributed by atoms with Crippen LogP contribution in [0.1, 0.15) is 6.92 Å². The Morgan fingerprint density at radius 1 is 1.42 bits per heavy atom. The summed E-state index contributed by atoms with van der Waals surface area (Å²) in [6.07, 6.45) is 0. The van der Waals surface area contributed by atoms with Crippen molar-refractivity contribution in [3.63, 3.8) is 0 Å². The maximum Gasteiger partial charge on any atom is 0.318 e. The van der Waals surface area contributed by atoms with Gasteiger partial charge in [0.25, 0.3) is 0 Å². The summed E-state index contributed by atoms with van der Waals surface area (Å²) >= 11 is 7.06. The Morgan fingerprint density at radius 3 is 2.74 bits per heavy atom. The Labute approximate surface area is 119 Å². The maximum atomic E-state index is 11.4. The first kappa shape index (κ1) is 13.8. The van der Waals surface area contributed by atoms with Crippen LogP contribution in [-0.4, -0.2) is 38.5 Å². The van der Waals surface area contributed by atoms with E-state index in [1.807, 2.05) is 0 Å². The molecule has 0 aliphatic carbocycles. The van der Waals surface area contributed by atoms with E-state index in [2.05, 4.69) is 20.3 Å². The van der Waals surface area contributed by atoms with Crippen LogP contribution in [0.3, 0.4) is 0 Å². The fourth-order valence-electron chi connectivity index (χ4n) is 1.37. The Hall–Kier alpha value is -1.60. The van der Waals surface area contributed by atoms with Gasteiger partial charge in [0.15, 0.2) is 0 Å². The minimum atomic E-state index is -0.387. The van der Waals surface area contributed by atoms with Crippen molar-refractivity contribution in [1.29, 1.82) is 0 Å². The van der Waals surface area contributed by atoms with Crippen molar-refractivity contribution in [3.05, 3.63) is 29.3 Å². The number of hydrogen-bond donors (Lipinski definition) is 0. The first-order valence-electron chi connectivity index (χ1n) is 5.40. The summed E-state index contributed by atoms with van der Waals surface area (Å²) < 4.78 is 6.21. The molecule has 1 aromatic carbocycles. The monoisotopic (exact) mass is 298 g/mol. The molecule has 2 rings (SSSR count). The van der Waals surface area contributed by atoms with Gasteiger partial charge in [0, 0.05) is 5.02 Å². The quantitative estimate of drug-likeness (QED) is 0.635. The van der Waals surface area contributed by atoms with Gasteiger partial charge in [0.1, 0.15) is 5.25 Å². The van der Waals surface area contributed by atoms with Crippen LogP contribution in [-0.2, 0) is 9.53 Å². The van der Waals surface area contributed by atoms with Gasteiger partial charge in [0.2, 0.25) is 5.16 Å². The van der Waals surface area contributed by atoms with Crippen molar-refractivity contribution in [3.8, 4) is 5.69 Å². The Morgan fingerprint density at radius 2 is 2.11 bits per heavy atom. The minimum Gasteiger partial charge on any atom is -0.468 e. The molecule has 8 heteroatoms. The molecule has 0 saturated carbocycles. The van der Waals surface area contributed by atoms with Crippen molar-refractivity contribution in [2.75, 3.05) is 7.11 Å². The molecule has 0 bridgehead atoms. The zero-order valence-electron chi connectivity index (χ0n) is 10.3. The van der Waals surface area contributed by atoms with E-state index < -0.39 is 0 Å². The number of nitrogens with zero attached hydrogens (tertiary/aromatic N) is 4. The number of halogens is 1. The molecule has 0 radical (unpaired) electrons. The van der Waals surface area contributed by atoms with Gasteiger partial charge < -0.3 is 4.74 Å². The number of esters is 1. The molecule has 0 aliphatic heterocycles. The van der Waals surface area contributed by atoms with Crippen molar-refractivity contribution in [1.82, 2.24) is 20.2 Å². The Kier molecular flexibility index (Phi) is 4.39. The smallest absolute Gasteiger partial charge is 0.318 e. The largest absolute Gasteiger partial charge is 0.468 e. The lowest BCUT2D eigenvalue weighted by molar-refractivity contribution is -0.139. The van der Waals surface area contributed by atoms with Gasteiger partial charge in [-0.05, 0) is 41.6 Å². The van der Waals surface area contributed by atoms with E-state index in [0.29, 0.717) is 10.2 Å². The number of benzene rings is 1. The van der Waals surface area contributed by atoms with Crippen molar-refractivity contribution < 1.29 is 9.53 Å². The number of carbonyl (C=O) groups is 1. The first-order chi connectivity index (χ1) is 9.11. The normalized spacial score (nSPS) is 12.2. The minimum absolute atomic E-state index is 0.323. The molecule has 1 aromatic heterocycles. The SMILES string of the molecule is COC(=O)[C@@H](C)Sc1nnnn1-c1ccc(Cl)cc1. The third kappa shape index (κ3) is 3.24. The third-order valence-corrected chi connectivity index (χ3v) is 3.59. The lowest BCUT2D eigenvalue weighted by Crippen LogP contribution is -2.15. The zero-order chi connectivity index (χ0) is 13.8. The molecule has 0 spiro atoms. The number of tetrazole rings is 1. The number of aromatic nitrogens is 4. The van der Waals surface area contributed by atoms with E-state index in [4.69, 9.17) is 11.6 Å². The van der Waals surface area contributed by atoms with E-state index in [9.17, 15) is 4.79 Å². The Bertz CT molecular complexity index is 572. The second-order valence-electron chi connectivity index (χ2n) is 3.63. The Balaban J connectivity index is 2.22. The van der Waals surface area contributed by atoms with Crippen molar-refractivity contribution in [2.45, 2.75) is 17.3 Å². The van der Waals surface area contributed by atoms with Gasteiger partial charge >= 0.3 is 5.97 Å². The molecule has 0 aliphatic rings. The molecule has 6 nitrogen and oxygen atoms in total. The van der Waals surface area contributed by atoms with Crippen LogP contribution in [0.2, 0.25) is 5.02 Å². The van der Waals surface area contributed by atoms with Gasteiger partial charge in [-0.25, -0.2) is 0 Å². The molecule has 2 aromatic rings. The van der Waals surface area contributed by atoms with Gasteiger partial charge in [-0.2, -0.15) is 4.68 Å². The predicted octanol–water partition coefficient (Wildman–Crippen LogP) is 1.97. The molecule has 0 fully saturated rings.